The fourth-order valence-electron chi connectivity index (χ4n) is 3.15. The lowest BCUT2D eigenvalue weighted by atomic mass is 10.0. The molecule has 2 aromatic heterocycles. The largest absolute Gasteiger partial charge is 0.447 e. The molecule has 0 aliphatic carbocycles. The normalized spacial score (nSPS) is 16.4. The molecule has 1 atom stereocenters. The molecule has 156 valence electrons. The van der Waals surface area contributed by atoms with Gasteiger partial charge in [-0.3, -0.25) is 4.79 Å². The number of rotatable bonds is 4. The van der Waals surface area contributed by atoms with Crippen LogP contribution in [0.4, 0.5) is 23.8 Å². The van der Waals surface area contributed by atoms with Crippen LogP contribution in [0.2, 0.25) is 0 Å². The van der Waals surface area contributed by atoms with Crippen molar-refractivity contribution in [3.8, 4) is 11.1 Å². The number of cyclic esters (lactones) is 1. The van der Waals surface area contributed by atoms with E-state index in [1.54, 1.807) is 0 Å². The lowest BCUT2D eigenvalue weighted by Gasteiger charge is -2.14. The van der Waals surface area contributed by atoms with E-state index in [0.29, 0.717) is 16.6 Å². The highest BCUT2D eigenvalue weighted by Gasteiger charge is 2.30. The number of nitrogens with zero attached hydrogens (tertiary/aromatic N) is 3. The molecular weight excluding hydrogens is 403 g/mol. The Morgan fingerprint density at radius 1 is 1.23 bits per heavy atom. The zero-order chi connectivity index (χ0) is 21.5. The molecule has 1 unspecified atom stereocenters. The third-order valence-electron chi connectivity index (χ3n) is 4.72. The smallest absolute Gasteiger partial charge is 0.416 e. The van der Waals surface area contributed by atoms with Gasteiger partial charge in [0.1, 0.15) is 17.8 Å². The van der Waals surface area contributed by atoms with Crippen LogP contribution in [-0.2, 0) is 18.0 Å². The Hall–Kier alpha value is -3.63. The van der Waals surface area contributed by atoms with Gasteiger partial charge in [0.2, 0.25) is 0 Å². The number of alkyl halides is 3. The van der Waals surface area contributed by atoms with Gasteiger partial charge in [-0.15, -0.1) is 0 Å². The van der Waals surface area contributed by atoms with Gasteiger partial charge in [0.15, 0.2) is 0 Å². The quantitative estimate of drug-likeness (QED) is 0.675. The average molecular weight is 419 g/mol. The number of aromatic nitrogens is 3. The van der Waals surface area contributed by atoms with Gasteiger partial charge < -0.3 is 19.9 Å². The Kier molecular flexibility index (Phi) is 4.80. The van der Waals surface area contributed by atoms with Crippen LogP contribution in [0.1, 0.15) is 5.56 Å². The molecule has 30 heavy (non-hydrogen) atoms. The van der Waals surface area contributed by atoms with Crippen molar-refractivity contribution in [3.63, 3.8) is 0 Å². The summed E-state index contributed by atoms with van der Waals surface area (Å²) in [5, 5.41) is 5.83. The fraction of sp³-hybridized carbons (Fsp3) is 0.263. The second-order valence-electron chi connectivity index (χ2n) is 6.80. The Balaban J connectivity index is 1.75. The molecule has 2 N–H and O–H groups in total. The highest BCUT2D eigenvalue weighted by molar-refractivity contribution is 5.98. The first-order valence-corrected chi connectivity index (χ1v) is 8.93. The summed E-state index contributed by atoms with van der Waals surface area (Å²) in [5.41, 5.74) is 0.0489. The van der Waals surface area contributed by atoms with Crippen LogP contribution in [0.25, 0.3) is 22.0 Å². The Labute approximate surface area is 167 Å². The number of nitrogens with one attached hydrogen (secondary N) is 2. The first kappa shape index (κ1) is 19.7. The van der Waals surface area contributed by atoms with Crippen LogP contribution in [0.3, 0.4) is 0 Å². The predicted molar refractivity (Wildman–Crippen MR) is 102 cm³/mol. The summed E-state index contributed by atoms with van der Waals surface area (Å²) in [7, 11) is 1.54. The Bertz CT molecular complexity index is 1170. The highest BCUT2D eigenvalue weighted by Crippen LogP contribution is 2.33. The molecule has 4 rings (SSSR count). The van der Waals surface area contributed by atoms with Gasteiger partial charge >= 0.3 is 12.3 Å². The molecule has 1 fully saturated rings. The van der Waals surface area contributed by atoms with Crippen molar-refractivity contribution in [3.05, 3.63) is 52.7 Å². The van der Waals surface area contributed by atoms with Crippen molar-refractivity contribution >= 4 is 22.8 Å². The van der Waals surface area contributed by atoms with E-state index in [0.717, 1.165) is 12.1 Å². The number of amides is 1. The fourth-order valence-corrected chi connectivity index (χ4v) is 3.15. The maximum Gasteiger partial charge on any atom is 0.416 e. The first-order valence-electron chi connectivity index (χ1n) is 8.93. The van der Waals surface area contributed by atoms with Crippen molar-refractivity contribution < 1.29 is 22.7 Å². The minimum atomic E-state index is -4.44. The second-order valence-corrected chi connectivity index (χ2v) is 6.80. The molecule has 1 aliphatic heterocycles. The monoisotopic (exact) mass is 419 g/mol. The van der Waals surface area contributed by atoms with Crippen molar-refractivity contribution in [2.45, 2.75) is 12.2 Å². The summed E-state index contributed by atoms with van der Waals surface area (Å²) >= 11 is 0. The predicted octanol–water partition coefficient (Wildman–Crippen LogP) is 2.53. The second kappa shape index (κ2) is 7.32. The number of ether oxygens (including phenoxy) is 1. The van der Waals surface area contributed by atoms with Crippen molar-refractivity contribution in [2.75, 3.05) is 18.5 Å². The van der Waals surface area contributed by atoms with Crippen LogP contribution >= 0.6 is 0 Å². The van der Waals surface area contributed by atoms with Gasteiger partial charge in [-0.05, 0) is 17.7 Å². The third-order valence-corrected chi connectivity index (χ3v) is 4.72. The number of carbonyl (C=O) groups excluding carboxylic acids is 1. The van der Waals surface area contributed by atoms with Gasteiger partial charge in [-0.1, -0.05) is 12.1 Å². The van der Waals surface area contributed by atoms with Crippen LogP contribution in [0.5, 0.6) is 0 Å². The maximum absolute atomic E-state index is 12.9. The van der Waals surface area contributed by atoms with Gasteiger partial charge in [0, 0.05) is 25.4 Å². The summed E-state index contributed by atoms with van der Waals surface area (Å²) in [4.78, 5) is 32.5. The number of halogens is 3. The first-order chi connectivity index (χ1) is 14.2. The zero-order valence-electron chi connectivity index (χ0n) is 15.7. The van der Waals surface area contributed by atoms with E-state index in [2.05, 4.69) is 20.6 Å². The number of anilines is 1. The minimum Gasteiger partial charge on any atom is -0.447 e. The number of aryl methyl sites for hydroxylation is 1. The molecule has 0 saturated carbocycles. The molecule has 1 amide bonds. The molecule has 0 radical (unpaired) electrons. The summed E-state index contributed by atoms with van der Waals surface area (Å²) in [5.74, 6) is 0.260. The van der Waals surface area contributed by atoms with Gasteiger partial charge in [-0.25, -0.2) is 14.8 Å². The topological polar surface area (TPSA) is 98.1 Å². The third kappa shape index (κ3) is 3.65. The van der Waals surface area contributed by atoms with E-state index in [4.69, 9.17) is 4.74 Å². The molecular formula is C19H16F3N5O3. The molecule has 0 spiro atoms. The number of hydrogen-bond acceptors (Lipinski definition) is 6. The van der Waals surface area contributed by atoms with Crippen LogP contribution < -0.4 is 16.2 Å². The number of alkyl carbamates (subject to hydrolysis) is 1. The van der Waals surface area contributed by atoms with Gasteiger partial charge in [0.05, 0.1) is 23.4 Å². The summed E-state index contributed by atoms with van der Waals surface area (Å²) < 4.78 is 44.7. The minimum absolute atomic E-state index is 0.184. The lowest BCUT2D eigenvalue weighted by molar-refractivity contribution is -0.137. The summed E-state index contributed by atoms with van der Waals surface area (Å²) in [6.07, 6.45) is -2.17. The Morgan fingerprint density at radius 2 is 1.97 bits per heavy atom. The van der Waals surface area contributed by atoms with Gasteiger partial charge in [0.25, 0.3) is 5.56 Å². The van der Waals surface area contributed by atoms with E-state index >= 15 is 0 Å². The molecule has 11 heteroatoms. The summed E-state index contributed by atoms with van der Waals surface area (Å²) in [6.45, 7) is 0.454. The SMILES string of the molecule is Cn1cnc2c(-c3ccc(C(F)(F)F)cc3)cnc(NCC3COC(=O)N3)c2c1=O. The molecule has 3 heterocycles. The average Bonchev–Trinajstić information content (AvgIpc) is 3.13. The number of fused-ring (bicyclic) bond motifs is 1. The molecule has 0 bridgehead atoms. The lowest BCUT2D eigenvalue weighted by Crippen LogP contribution is -2.33. The van der Waals surface area contributed by atoms with E-state index in [-0.39, 0.29) is 36.0 Å². The van der Waals surface area contributed by atoms with Crippen LogP contribution in [0, 0.1) is 0 Å². The number of carbonyl (C=O) groups is 1. The molecule has 8 nitrogen and oxygen atoms in total. The molecule has 3 aromatic rings. The standard InChI is InChI=1S/C19H16F3N5O3/c1-27-9-25-15-13(10-2-4-11(5-3-10)19(20,21)22)7-24-16(14(15)17(27)28)23-6-12-8-30-18(29)26-12/h2-5,7,9,12H,6,8H2,1H3,(H,23,24)(H,26,29). The van der Waals surface area contributed by atoms with Crippen LogP contribution in [0.15, 0.2) is 41.6 Å². The highest BCUT2D eigenvalue weighted by atomic mass is 19.4. The van der Waals surface area contributed by atoms with Crippen molar-refractivity contribution in [1.29, 1.82) is 0 Å². The number of benzene rings is 1. The summed E-state index contributed by atoms with van der Waals surface area (Å²) in [6, 6.07) is 4.28. The number of pyridine rings is 1. The van der Waals surface area contributed by atoms with Gasteiger partial charge in [-0.2, -0.15) is 13.2 Å². The Morgan fingerprint density at radius 3 is 2.60 bits per heavy atom. The van der Waals surface area contributed by atoms with E-state index < -0.39 is 17.8 Å². The van der Waals surface area contributed by atoms with Crippen molar-refractivity contribution in [2.24, 2.45) is 7.05 Å². The molecule has 1 aliphatic rings. The molecule has 1 saturated heterocycles. The van der Waals surface area contributed by atoms with E-state index in [1.165, 1.54) is 36.3 Å². The van der Waals surface area contributed by atoms with Crippen LogP contribution in [-0.4, -0.2) is 39.8 Å². The zero-order valence-corrected chi connectivity index (χ0v) is 15.7. The van der Waals surface area contributed by atoms with E-state index in [9.17, 15) is 22.8 Å². The maximum atomic E-state index is 12.9. The van der Waals surface area contributed by atoms with Crippen molar-refractivity contribution in [1.82, 2.24) is 19.9 Å². The number of hydrogen-bond donors (Lipinski definition) is 2. The van der Waals surface area contributed by atoms with E-state index in [1.807, 2.05) is 0 Å². The molecule has 1 aromatic carbocycles.